The maximum absolute atomic E-state index is 10.6. The van der Waals surface area contributed by atoms with Crippen LogP contribution < -0.4 is 0 Å². The van der Waals surface area contributed by atoms with Crippen molar-refractivity contribution in [2.45, 2.75) is 44.4 Å². The zero-order valence-corrected chi connectivity index (χ0v) is 10.7. The van der Waals surface area contributed by atoms with Gasteiger partial charge in [-0.3, -0.25) is 4.79 Å². The van der Waals surface area contributed by atoms with Gasteiger partial charge >= 0.3 is 5.97 Å². The second-order valence-corrected chi connectivity index (χ2v) is 5.00. The van der Waals surface area contributed by atoms with E-state index in [4.69, 9.17) is 16.7 Å². The number of aryl methyl sites for hydroxylation is 1. The van der Waals surface area contributed by atoms with E-state index in [1.807, 2.05) is 11.6 Å². The fourth-order valence-electron chi connectivity index (χ4n) is 2.61. The molecule has 1 aliphatic carbocycles. The number of carbonyl (C=O) groups is 1. The van der Waals surface area contributed by atoms with E-state index in [-0.39, 0.29) is 6.42 Å². The molecule has 94 valence electrons. The van der Waals surface area contributed by atoms with Gasteiger partial charge < -0.3 is 9.67 Å². The van der Waals surface area contributed by atoms with Crippen molar-refractivity contribution in [1.82, 2.24) is 9.55 Å². The number of hydrogen-bond donors (Lipinski definition) is 1. The normalized spacial score (nSPS) is 16.6. The Kier molecular flexibility index (Phi) is 3.72. The van der Waals surface area contributed by atoms with E-state index < -0.39 is 5.97 Å². The zero-order valence-electron chi connectivity index (χ0n) is 9.95. The molecule has 0 bridgehead atoms. The molecule has 1 aromatic heterocycles. The molecule has 4 nitrogen and oxygen atoms in total. The fourth-order valence-corrected chi connectivity index (χ4v) is 2.99. The van der Waals surface area contributed by atoms with Gasteiger partial charge in [-0.15, -0.1) is 0 Å². The van der Waals surface area contributed by atoms with Crippen LogP contribution in [0.5, 0.6) is 0 Å². The van der Waals surface area contributed by atoms with Gasteiger partial charge in [-0.1, -0.05) is 24.4 Å². The molecule has 1 aliphatic rings. The van der Waals surface area contributed by atoms with Crippen molar-refractivity contribution < 1.29 is 9.90 Å². The quantitative estimate of drug-likeness (QED) is 0.901. The molecule has 0 radical (unpaired) electrons. The number of rotatable bonds is 4. The van der Waals surface area contributed by atoms with Crippen LogP contribution in [0, 0.1) is 0 Å². The summed E-state index contributed by atoms with van der Waals surface area (Å²) in [7, 11) is 1.93. The van der Waals surface area contributed by atoms with Gasteiger partial charge in [0, 0.05) is 19.4 Å². The number of nitrogens with zero attached hydrogens (tertiary/aromatic N) is 2. The van der Waals surface area contributed by atoms with E-state index in [2.05, 4.69) is 4.98 Å². The Hall–Kier alpha value is -1.03. The lowest BCUT2D eigenvalue weighted by Gasteiger charge is -2.11. The zero-order chi connectivity index (χ0) is 12.4. The third-order valence-corrected chi connectivity index (χ3v) is 3.77. The molecule has 1 saturated carbocycles. The summed E-state index contributed by atoms with van der Waals surface area (Å²) >= 11 is 6.17. The van der Waals surface area contributed by atoms with Crippen LogP contribution in [-0.4, -0.2) is 20.6 Å². The highest BCUT2D eigenvalue weighted by atomic mass is 35.5. The van der Waals surface area contributed by atoms with Crippen molar-refractivity contribution in [1.29, 1.82) is 0 Å². The van der Waals surface area contributed by atoms with Crippen molar-refractivity contribution in [2.75, 3.05) is 0 Å². The molecular formula is C12H17ClN2O2. The van der Waals surface area contributed by atoms with E-state index in [0.717, 1.165) is 24.4 Å². The van der Waals surface area contributed by atoms with Gasteiger partial charge in [-0.25, -0.2) is 4.98 Å². The molecule has 17 heavy (non-hydrogen) atoms. The molecule has 0 spiro atoms. The summed E-state index contributed by atoms with van der Waals surface area (Å²) in [5.41, 5.74) is 1.09. The lowest BCUT2D eigenvalue weighted by atomic mass is 10.1. The van der Waals surface area contributed by atoms with Crippen LogP contribution in [0.2, 0.25) is 5.15 Å². The van der Waals surface area contributed by atoms with Gasteiger partial charge in [-0.05, 0) is 12.8 Å². The summed E-state index contributed by atoms with van der Waals surface area (Å²) in [6.45, 7) is 0. The molecule has 5 heteroatoms. The fraction of sp³-hybridized carbons (Fsp3) is 0.667. The van der Waals surface area contributed by atoms with Crippen LogP contribution in [0.4, 0.5) is 0 Å². The Morgan fingerprint density at radius 2 is 2.18 bits per heavy atom. The van der Waals surface area contributed by atoms with Gasteiger partial charge in [-0.2, -0.15) is 0 Å². The average Bonchev–Trinajstić information content (AvgIpc) is 2.84. The molecule has 0 saturated heterocycles. The summed E-state index contributed by atoms with van der Waals surface area (Å²) in [6, 6.07) is 0. The topological polar surface area (TPSA) is 55.1 Å². The summed E-state index contributed by atoms with van der Waals surface area (Å²) in [4.78, 5) is 14.9. The van der Waals surface area contributed by atoms with Gasteiger partial charge in [0.1, 0.15) is 5.82 Å². The van der Waals surface area contributed by atoms with Crippen LogP contribution in [-0.2, 0) is 18.3 Å². The third-order valence-electron chi connectivity index (χ3n) is 3.49. The highest BCUT2D eigenvalue weighted by Gasteiger charge is 2.25. The average molecular weight is 257 g/mol. The molecule has 0 aliphatic heterocycles. The van der Waals surface area contributed by atoms with Crippen LogP contribution in [0.25, 0.3) is 0 Å². The Labute approximate surface area is 106 Å². The minimum absolute atomic E-state index is 0.102. The van der Waals surface area contributed by atoms with Gasteiger partial charge in [0.15, 0.2) is 5.15 Å². The van der Waals surface area contributed by atoms with Crippen molar-refractivity contribution in [2.24, 2.45) is 7.05 Å². The predicted molar refractivity (Wildman–Crippen MR) is 65.4 cm³/mol. The summed E-state index contributed by atoms with van der Waals surface area (Å²) in [5.74, 6) is 0.476. The first-order valence-corrected chi connectivity index (χ1v) is 6.40. The molecule has 1 fully saturated rings. The molecular weight excluding hydrogens is 240 g/mol. The standard InChI is InChI=1S/C12H17ClN2O2/c1-15-9(6-7-10(16)17)14-12(13)11(15)8-4-2-3-5-8/h8H,2-7H2,1H3,(H,16,17). The summed E-state index contributed by atoms with van der Waals surface area (Å²) in [6.07, 6.45) is 5.37. The van der Waals surface area contributed by atoms with Gasteiger partial charge in [0.05, 0.1) is 12.1 Å². The van der Waals surface area contributed by atoms with Gasteiger partial charge in [0.25, 0.3) is 0 Å². The lowest BCUT2D eigenvalue weighted by Crippen LogP contribution is -2.07. The Morgan fingerprint density at radius 3 is 2.76 bits per heavy atom. The number of aliphatic carboxylic acids is 1. The van der Waals surface area contributed by atoms with Crippen molar-refractivity contribution in [3.05, 3.63) is 16.7 Å². The Morgan fingerprint density at radius 1 is 1.53 bits per heavy atom. The number of carboxylic acids is 1. The molecule has 0 amide bonds. The minimum Gasteiger partial charge on any atom is -0.481 e. The van der Waals surface area contributed by atoms with E-state index in [0.29, 0.717) is 17.5 Å². The maximum Gasteiger partial charge on any atom is 0.303 e. The Bertz CT molecular complexity index is 422. The molecule has 1 heterocycles. The van der Waals surface area contributed by atoms with Crippen LogP contribution in [0.1, 0.15) is 49.5 Å². The largest absolute Gasteiger partial charge is 0.481 e. The minimum atomic E-state index is -0.800. The molecule has 0 unspecified atom stereocenters. The first-order valence-electron chi connectivity index (χ1n) is 6.02. The third kappa shape index (κ3) is 2.63. The van der Waals surface area contributed by atoms with Gasteiger partial charge in [0.2, 0.25) is 0 Å². The van der Waals surface area contributed by atoms with Crippen LogP contribution >= 0.6 is 11.6 Å². The van der Waals surface area contributed by atoms with Crippen molar-refractivity contribution >= 4 is 17.6 Å². The van der Waals surface area contributed by atoms with Crippen LogP contribution in [0.15, 0.2) is 0 Å². The second-order valence-electron chi connectivity index (χ2n) is 4.64. The number of imidazole rings is 1. The maximum atomic E-state index is 10.6. The van der Waals surface area contributed by atoms with Crippen molar-refractivity contribution in [3.8, 4) is 0 Å². The molecule has 2 rings (SSSR count). The summed E-state index contributed by atoms with van der Waals surface area (Å²) in [5, 5.41) is 9.24. The van der Waals surface area contributed by atoms with E-state index in [9.17, 15) is 4.79 Å². The van der Waals surface area contributed by atoms with E-state index >= 15 is 0 Å². The number of hydrogen-bond acceptors (Lipinski definition) is 2. The molecule has 0 atom stereocenters. The van der Waals surface area contributed by atoms with E-state index in [1.165, 1.54) is 12.8 Å². The van der Waals surface area contributed by atoms with E-state index in [1.54, 1.807) is 0 Å². The van der Waals surface area contributed by atoms with Crippen LogP contribution in [0.3, 0.4) is 0 Å². The SMILES string of the molecule is Cn1c(CCC(=O)O)nc(Cl)c1C1CCCC1. The number of aromatic nitrogens is 2. The number of halogens is 1. The number of carboxylic acid groups (broad SMARTS) is 1. The highest BCUT2D eigenvalue weighted by molar-refractivity contribution is 6.30. The summed E-state index contributed by atoms with van der Waals surface area (Å²) < 4.78 is 1.99. The first kappa shape index (κ1) is 12.4. The molecule has 0 aromatic carbocycles. The second kappa shape index (κ2) is 5.08. The smallest absolute Gasteiger partial charge is 0.303 e. The monoisotopic (exact) mass is 256 g/mol. The lowest BCUT2D eigenvalue weighted by molar-refractivity contribution is -0.137. The molecule has 1 N–H and O–H groups in total. The van der Waals surface area contributed by atoms with Crippen molar-refractivity contribution in [3.63, 3.8) is 0 Å². The Balaban J connectivity index is 2.19. The predicted octanol–water partition coefficient (Wildman–Crippen LogP) is 2.75. The highest BCUT2D eigenvalue weighted by Crippen LogP contribution is 2.37. The molecule has 1 aromatic rings. The first-order chi connectivity index (χ1) is 8.09.